The molecule has 0 spiro atoms. The molecule has 0 radical (unpaired) electrons. The average Bonchev–Trinajstić information content (AvgIpc) is 1.82. The summed E-state index contributed by atoms with van der Waals surface area (Å²) in [4.78, 5) is 0. The zero-order valence-corrected chi connectivity index (χ0v) is 7.38. The summed E-state index contributed by atoms with van der Waals surface area (Å²) in [5.41, 5.74) is 0. The number of hydrogen-bond acceptors (Lipinski definition) is 1. The van der Waals surface area contributed by atoms with Crippen LogP contribution >= 0.6 is 10.5 Å². The van der Waals surface area contributed by atoms with Gasteiger partial charge < -0.3 is 0 Å². The molecule has 0 aromatic carbocycles. The van der Waals surface area contributed by atoms with E-state index < -0.39 is 16.6 Å². The summed E-state index contributed by atoms with van der Waals surface area (Å²) >= 11 is 0. The SMILES string of the molecule is FS(F)(F)(F)(F)OC1CC=CCC1. The van der Waals surface area contributed by atoms with E-state index in [1.807, 2.05) is 0 Å². The van der Waals surface area contributed by atoms with E-state index in [0.717, 1.165) is 0 Å². The predicted octanol–water partition coefficient (Wildman–Crippen LogP) is 4.33. The molecular weight excluding hydrogens is 215 g/mol. The second-order valence-electron chi connectivity index (χ2n) is 2.90. The number of rotatable bonds is 2. The van der Waals surface area contributed by atoms with Crippen molar-refractivity contribution in [1.29, 1.82) is 0 Å². The molecule has 1 aliphatic carbocycles. The Balaban J connectivity index is 2.64. The third-order valence-corrected chi connectivity index (χ3v) is 2.17. The van der Waals surface area contributed by atoms with Gasteiger partial charge in [-0.05, 0) is 19.3 Å². The fraction of sp³-hybridized carbons (Fsp3) is 0.667. The minimum absolute atomic E-state index is 0.0118. The van der Waals surface area contributed by atoms with Gasteiger partial charge in [-0.3, -0.25) is 0 Å². The minimum Gasteiger partial charge on any atom is -0.236 e. The van der Waals surface area contributed by atoms with Crippen molar-refractivity contribution >= 4 is 10.5 Å². The smallest absolute Gasteiger partial charge is 0.236 e. The normalized spacial score (nSPS) is 29.5. The highest BCUT2D eigenvalue weighted by atomic mass is 32.5. The Morgan fingerprint density at radius 3 is 2.08 bits per heavy atom. The van der Waals surface area contributed by atoms with Crippen molar-refractivity contribution in [3.05, 3.63) is 12.2 Å². The van der Waals surface area contributed by atoms with Crippen LogP contribution in [0.15, 0.2) is 12.2 Å². The highest BCUT2D eigenvalue weighted by Gasteiger charge is 2.66. The molecule has 7 heteroatoms. The standard InChI is InChI=1S/C6H9F5OS/c7-13(8,9,10,11)12-6-4-2-1-3-5-6/h1-2,6H,3-5H2. The lowest BCUT2D eigenvalue weighted by molar-refractivity contribution is 0.0919. The maximum atomic E-state index is 11.8. The number of allylic oxidation sites excluding steroid dienone is 1. The van der Waals surface area contributed by atoms with Gasteiger partial charge in [0.25, 0.3) is 0 Å². The Morgan fingerprint density at radius 1 is 1.08 bits per heavy atom. The largest absolute Gasteiger partial charge is 0.397 e. The maximum absolute atomic E-state index is 11.8. The third kappa shape index (κ3) is 5.09. The van der Waals surface area contributed by atoms with Crippen LogP contribution in [0.1, 0.15) is 19.3 Å². The molecule has 1 aliphatic rings. The third-order valence-electron chi connectivity index (χ3n) is 1.54. The summed E-state index contributed by atoms with van der Waals surface area (Å²) in [6, 6.07) is 0. The summed E-state index contributed by atoms with van der Waals surface area (Å²) in [6.45, 7) is 0. The van der Waals surface area contributed by atoms with Crippen molar-refractivity contribution in [1.82, 2.24) is 0 Å². The Hall–Kier alpha value is -0.300. The molecule has 0 bridgehead atoms. The lowest BCUT2D eigenvalue weighted by atomic mass is 10.1. The summed E-state index contributed by atoms with van der Waals surface area (Å²) in [5, 5.41) is 0. The molecule has 0 amide bonds. The number of hydrogen-bond donors (Lipinski definition) is 0. The molecule has 0 N–H and O–H groups in total. The lowest BCUT2D eigenvalue weighted by Crippen LogP contribution is -2.22. The molecule has 13 heavy (non-hydrogen) atoms. The van der Waals surface area contributed by atoms with Gasteiger partial charge in [0.1, 0.15) is 0 Å². The zero-order chi connectivity index (χ0) is 10.2. The van der Waals surface area contributed by atoms with Gasteiger partial charge in [0.2, 0.25) is 0 Å². The van der Waals surface area contributed by atoms with Crippen LogP contribution in [0.4, 0.5) is 19.4 Å². The van der Waals surface area contributed by atoms with Crippen LogP contribution < -0.4 is 0 Å². The molecule has 1 atom stereocenters. The molecule has 0 saturated heterocycles. The van der Waals surface area contributed by atoms with Gasteiger partial charge in [-0.15, -0.1) is 0 Å². The van der Waals surface area contributed by atoms with Gasteiger partial charge in [0.05, 0.1) is 6.10 Å². The molecular formula is C6H9F5OS. The van der Waals surface area contributed by atoms with Crippen molar-refractivity contribution in [2.75, 3.05) is 0 Å². The lowest BCUT2D eigenvalue weighted by Gasteiger charge is -2.42. The molecule has 0 heterocycles. The van der Waals surface area contributed by atoms with E-state index >= 15 is 0 Å². The summed E-state index contributed by atoms with van der Waals surface area (Å²) in [5.74, 6) is 0. The first-order valence-electron chi connectivity index (χ1n) is 3.64. The van der Waals surface area contributed by atoms with Crippen molar-refractivity contribution in [3.8, 4) is 0 Å². The van der Waals surface area contributed by atoms with Gasteiger partial charge in [-0.1, -0.05) is 31.6 Å². The Kier molecular flexibility index (Phi) is 1.98. The molecule has 0 fully saturated rings. The van der Waals surface area contributed by atoms with Crippen molar-refractivity contribution in [2.24, 2.45) is 0 Å². The highest BCUT2D eigenvalue weighted by molar-refractivity contribution is 8.42. The first-order valence-corrected chi connectivity index (χ1v) is 5.52. The van der Waals surface area contributed by atoms with E-state index in [1.54, 1.807) is 6.08 Å². The average molecular weight is 224 g/mol. The molecule has 1 rings (SSSR count). The molecule has 1 unspecified atom stereocenters. The summed E-state index contributed by atoms with van der Waals surface area (Å²) in [7, 11) is -9.67. The van der Waals surface area contributed by atoms with Crippen LogP contribution in [0.5, 0.6) is 0 Å². The van der Waals surface area contributed by atoms with Crippen LogP contribution in [0.2, 0.25) is 0 Å². The second-order valence-corrected chi connectivity index (χ2v) is 4.89. The van der Waals surface area contributed by atoms with Gasteiger partial charge in [0.15, 0.2) is 0 Å². The highest BCUT2D eigenvalue weighted by Crippen LogP contribution is 2.98. The fourth-order valence-corrected chi connectivity index (χ4v) is 1.80. The van der Waals surface area contributed by atoms with E-state index in [-0.39, 0.29) is 12.8 Å². The van der Waals surface area contributed by atoms with Gasteiger partial charge in [-0.2, -0.15) is 0 Å². The van der Waals surface area contributed by atoms with Crippen LogP contribution in [0.25, 0.3) is 0 Å². The van der Waals surface area contributed by atoms with Crippen molar-refractivity contribution in [2.45, 2.75) is 25.4 Å². The molecule has 1 nitrogen and oxygen atoms in total. The predicted molar refractivity (Wildman–Crippen MR) is 41.0 cm³/mol. The van der Waals surface area contributed by atoms with E-state index in [4.69, 9.17) is 0 Å². The zero-order valence-electron chi connectivity index (χ0n) is 6.56. The van der Waals surface area contributed by atoms with Gasteiger partial charge in [0, 0.05) is 0 Å². The summed E-state index contributed by atoms with van der Waals surface area (Å²) in [6.07, 6.45) is 1.86. The van der Waals surface area contributed by atoms with E-state index in [2.05, 4.69) is 4.18 Å². The van der Waals surface area contributed by atoms with E-state index in [0.29, 0.717) is 6.42 Å². The molecule has 80 valence electrons. The Labute approximate surface area is 72.5 Å². The van der Waals surface area contributed by atoms with Gasteiger partial charge in [-0.25, -0.2) is 4.18 Å². The second kappa shape index (κ2) is 2.38. The van der Waals surface area contributed by atoms with Crippen LogP contribution in [-0.4, -0.2) is 6.10 Å². The fourth-order valence-electron chi connectivity index (χ4n) is 1.11. The van der Waals surface area contributed by atoms with Crippen LogP contribution in [0.3, 0.4) is 0 Å². The molecule has 0 aromatic rings. The monoisotopic (exact) mass is 224 g/mol. The Morgan fingerprint density at radius 2 is 1.69 bits per heavy atom. The van der Waals surface area contributed by atoms with E-state index in [9.17, 15) is 19.4 Å². The maximum Gasteiger partial charge on any atom is 0.397 e. The quantitative estimate of drug-likeness (QED) is 0.501. The summed E-state index contributed by atoms with van der Waals surface area (Å²) < 4.78 is 61.8. The molecule has 0 saturated carbocycles. The molecule has 0 aromatic heterocycles. The minimum atomic E-state index is -9.67. The van der Waals surface area contributed by atoms with Crippen molar-refractivity contribution < 1.29 is 23.6 Å². The van der Waals surface area contributed by atoms with Crippen molar-refractivity contribution in [3.63, 3.8) is 0 Å². The Bertz CT molecular complexity index is 229. The van der Waals surface area contributed by atoms with Gasteiger partial charge >= 0.3 is 10.5 Å². The first-order chi connectivity index (χ1) is 5.55. The van der Waals surface area contributed by atoms with Crippen LogP contribution in [0, 0.1) is 0 Å². The topological polar surface area (TPSA) is 9.23 Å². The molecule has 0 aliphatic heterocycles. The van der Waals surface area contributed by atoms with Crippen LogP contribution in [-0.2, 0) is 4.18 Å². The van der Waals surface area contributed by atoms with E-state index in [1.165, 1.54) is 6.08 Å². The first kappa shape index (κ1) is 10.8. The number of halogens is 5.